The Balaban J connectivity index is 2.55. The molecule has 0 N–H and O–H groups in total. The number of hydrogen-bond acceptors (Lipinski definition) is 6. The van der Waals surface area contributed by atoms with Gasteiger partial charge in [-0.25, -0.2) is 0 Å². The topological polar surface area (TPSA) is 55.4 Å². The lowest BCUT2D eigenvalue weighted by Crippen LogP contribution is -2.63. The maximum atomic E-state index is 7.08. The minimum absolute atomic E-state index is 0.433. The lowest BCUT2D eigenvalue weighted by Gasteiger charge is -2.42. The van der Waals surface area contributed by atoms with Gasteiger partial charge in [0.25, 0.3) is 0 Å². The Hall–Kier alpha value is -1.32. The van der Waals surface area contributed by atoms with Crippen molar-refractivity contribution in [1.82, 2.24) is 0 Å². The average molecular weight is 535 g/mol. The Bertz CT molecular complexity index is 848. The summed E-state index contributed by atoms with van der Waals surface area (Å²) in [5.41, 5.74) is 0. The molecule has 0 amide bonds. The van der Waals surface area contributed by atoms with Crippen LogP contribution in [0.5, 0.6) is 0 Å². The molecular weight excluding hydrogens is 484 g/mol. The van der Waals surface area contributed by atoms with Crippen molar-refractivity contribution in [3.63, 3.8) is 0 Å². The summed E-state index contributed by atoms with van der Waals surface area (Å²) in [5.74, 6) is -1.33. The van der Waals surface area contributed by atoms with E-state index in [0.29, 0.717) is 39.5 Å². The molecule has 0 spiro atoms. The molecule has 0 fully saturated rings. The molecule has 0 saturated heterocycles. The fraction of sp³-hybridized carbons (Fsp3) is 0.667. The maximum Gasteiger partial charge on any atom is 0.538 e. The van der Waals surface area contributed by atoms with Crippen LogP contribution in [0.4, 0.5) is 0 Å². The Kier molecular flexibility index (Phi) is 14.9. The predicted molar refractivity (Wildman–Crippen MR) is 153 cm³/mol. The molecule has 0 aromatic heterocycles. The normalized spacial score (nSPS) is 13.4. The van der Waals surface area contributed by atoms with E-state index >= 15 is 0 Å². The smallest absolute Gasteiger partial charge is 0.370 e. The summed E-state index contributed by atoms with van der Waals surface area (Å²) >= 11 is 0. The monoisotopic (exact) mass is 534 g/mol. The van der Waals surface area contributed by atoms with Gasteiger partial charge in [0, 0.05) is 38.2 Å². The van der Waals surface area contributed by atoms with Crippen molar-refractivity contribution in [2.45, 2.75) is 98.6 Å². The number of hydrogen-bond donors (Lipinski definition) is 0. The molecule has 0 saturated carbocycles. The second kappa shape index (κ2) is 17.3. The fourth-order valence-corrected chi connectivity index (χ4v) is 7.73. The van der Waals surface area contributed by atoms with Crippen LogP contribution in [0.1, 0.15) is 86.5 Å². The minimum atomic E-state index is -3.42. The van der Waals surface area contributed by atoms with Crippen LogP contribution in [0.3, 0.4) is 0 Å². The van der Waals surface area contributed by atoms with Crippen molar-refractivity contribution in [2.24, 2.45) is 0 Å². The van der Waals surface area contributed by atoms with Crippen LogP contribution in [0.2, 0.25) is 0 Å². The van der Waals surface area contributed by atoms with Gasteiger partial charge >= 0.3 is 14.8 Å². The van der Waals surface area contributed by atoms with E-state index in [4.69, 9.17) is 27.5 Å². The largest absolute Gasteiger partial charge is 0.538 e. The first-order chi connectivity index (χ1) is 18.1. The maximum absolute atomic E-state index is 7.08. The first-order valence-corrected chi connectivity index (χ1v) is 16.1. The zero-order valence-electron chi connectivity index (χ0n) is 24.1. The van der Waals surface area contributed by atoms with Gasteiger partial charge in [-0.15, -0.1) is 0 Å². The number of unbranched alkanes of at least 4 members (excludes halogenated alkanes) is 5. The van der Waals surface area contributed by atoms with E-state index in [1.54, 1.807) is 0 Å². The Morgan fingerprint density at radius 3 is 1.81 bits per heavy atom. The molecule has 0 aliphatic heterocycles. The van der Waals surface area contributed by atoms with Gasteiger partial charge in [-0.3, -0.25) is 0 Å². The molecule has 0 aliphatic carbocycles. The number of rotatable bonds is 21. The van der Waals surface area contributed by atoms with Crippen LogP contribution < -0.4 is 5.19 Å². The van der Waals surface area contributed by atoms with Gasteiger partial charge < -0.3 is 27.5 Å². The molecule has 2 aromatic carbocycles. The lowest BCUT2D eigenvalue weighted by atomic mass is 10.1. The molecule has 210 valence electrons. The first-order valence-electron chi connectivity index (χ1n) is 14.4. The van der Waals surface area contributed by atoms with E-state index in [0.717, 1.165) is 28.8 Å². The molecule has 0 aliphatic rings. The van der Waals surface area contributed by atoms with Gasteiger partial charge in [0.15, 0.2) is 0 Å². The van der Waals surface area contributed by atoms with Crippen molar-refractivity contribution in [2.75, 3.05) is 33.0 Å². The Morgan fingerprint density at radius 2 is 1.22 bits per heavy atom. The molecule has 1 atom stereocenters. The third-order valence-corrected chi connectivity index (χ3v) is 9.36. The molecule has 37 heavy (non-hydrogen) atoms. The molecule has 2 aromatic rings. The van der Waals surface area contributed by atoms with Crippen LogP contribution in [0, 0.1) is 0 Å². The Morgan fingerprint density at radius 1 is 0.649 bits per heavy atom. The summed E-state index contributed by atoms with van der Waals surface area (Å²) in [4.78, 5) is 0. The highest BCUT2D eigenvalue weighted by molar-refractivity contribution is 6.77. The minimum Gasteiger partial charge on any atom is -0.370 e. The molecule has 0 heterocycles. The van der Waals surface area contributed by atoms with Crippen LogP contribution in [0.25, 0.3) is 10.8 Å². The van der Waals surface area contributed by atoms with Crippen LogP contribution in [-0.4, -0.2) is 53.9 Å². The second-order valence-corrected chi connectivity index (χ2v) is 11.5. The van der Waals surface area contributed by atoms with Gasteiger partial charge in [0.1, 0.15) is 6.10 Å². The molecule has 7 heteroatoms. The highest BCUT2D eigenvalue weighted by Crippen LogP contribution is 2.32. The van der Waals surface area contributed by atoms with E-state index in [2.05, 4.69) is 31.2 Å². The van der Waals surface area contributed by atoms with E-state index < -0.39 is 20.9 Å². The molecule has 2 rings (SSSR count). The molecule has 0 bridgehead atoms. The number of ether oxygens (including phenoxy) is 3. The van der Waals surface area contributed by atoms with Crippen LogP contribution in [0.15, 0.2) is 42.5 Å². The first kappa shape index (κ1) is 31.9. The fourth-order valence-electron chi connectivity index (χ4n) is 4.81. The van der Waals surface area contributed by atoms with Gasteiger partial charge in [0.05, 0.1) is 0 Å². The average Bonchev–Trinajstić information content (AvgIpc) is 2.90. The summed E-state index contributed by atoms with van der Waals surface area (Å²) in [6.45, 7) is 14.3. The third-order valence-electron chi connectivity index (χ3n) is 6.34. The summed E-state index contributed by atoms with van der Waals surface area (Å²) < 4.78 is 38.8. The van der Waals surface area contributed by atoms with Crippen molar-refractivity contribution < 1.29 is 27.5 Å². The van der Waals surface area contributed by atoms with Crippen molar-refractivity contribution in [3.05, 3.63) is 42.5 Å². The molecule has 1 unspecified atom stereocenters. The van der Waals surface area contributed by atoms with Gasteiger partial charge in [-0.05, 0) is 51.8 Å². The van der Waals surface area contributed by atoms with E-state index in [1.165, 1.54) is 25.7 Å². The quantitative estimate of drug-likeness (QED) is 0.0980. The van der Waals surface area contributed by atoms with Crippen molar-refractivity contribution in [3.8, 4) is 0 Å². The van der Waals surface area contributed by atoms with E-state index in [-0.39, 0.29) is 0 Å². The van der Waals surface area contributed by atoms with E-state index in [9.17, 15) is 0 Å². The SMILES string of the molecule is CCCCCCCCC(O[Si](OCC)(OCC)c1cccc2ccccc12)C(OCC)(OCC)OCC. The van der Waals surface area contributed by atoms with E-state index in [1.807, 2.05) is 52.8 Å². The molecular formula is C30H50O6Si. The third kappa shape index (κ3) is 8.85. The predicted octanol–water partition coefficient (Wildman–Crippen LogP) is 6.96. The van der Waals surface area contributed by atoms with Gasteiger partial charge in [-0.1, -0.05) is 87.9 Å². The highest BCUT2D eigenvalue weighted by atomic mass is 28.4. The summed E-state index contributed by atoms with van der Waals surface area (Å²) in [6.07, 6.45) is 7.24. The molecule has 6 nitrogen and oxygen atoms in total. The zero-order chi connectivity index (χ0) is 27.0. The number of fused-ring (bicyclic) bond motifs is 1. The van der Waals surface area contributed by atoms with Crippen molar-refractivity contribution >= 4 is 24.8 Å². The summed E-state index contributed by atoms with van der Waals surface area (Å²) in [7, 11) is -3.42. The second-order valence-electron chi connectivity index (χ2n) is 9.01. The number of benzene rings is 2. The zero-order valence-corrected chi connectivity index (χ0v) is 25.1. The summed E-state index contributed by atoms with van der Waals surface area (Å²) in [5, 5.41) is 3.16. The van der Waals surface area contributed by atoms with Gasteiger partial charge in [-0.2, -0.15) is 0 Å². The van der Waals surface area contributed by atoms with Crippen LogP contribution >= 0.6 is 0 Å². The lowest BCUT2D eigenvalue weighted by molar-refractivity contribution is -0.409. The summed E-state index contributed by atoms with van der Waals surface area (Å²) in [6, 6.07) is 14.5. The standard InChI is InChI=1S/C30H50O6Si/c1-7-13-14-15-16-17-25-29(30(31-8-2,32-9-3)33-10-4)36-37(34-11-5,35-12-6)28-24-20-22-26-21-18-19-23-27(26)28/h18-24,29H,7-17,25H2,1-6H3. The molecule has 0 radical (unpaired) electrons. The van der Waals surface area contributed by atoms with Crippen molar-refractivity contribution in [1.29, 1.82) is 0 Å². The Labute approximate surface area is 226 Å². The van der Waals surface area contributed by atoms with Crippen LogP contribution in [-0.2, 0) is 27.5 Å². The highest BCUT2D eigenvalue weighted by Gasteiger charge is 2.53. The van der Waals surface area contributed by atoms with Gasteiger partial charge in [0.2, 0.25) is 0 Å².